The molecule has 0 amide bonds. The molecular weight excluding hydrogens is 445 g/mol. The minimum atomic E-state index is 0. The topological polar surface area (TPSA) is 52.6 Å². The average Bonchev–Trinajstić information content (AvgIpc) is 2.97. The van der Waals surface area contributed by atoms with E-state index in [9.17, 15) is 0 Å². The fourth-order valence-electron chi connectivity index (χ4n) is 2.37. The molecule has 0 unspecified atom stereocenters. The van der Waals surface area contributed by atoms with E-state index in [0.717, 1.165) is 42.7 Å². The third-order valence-electron chi connectivity index (χ3n) is 3.55. The van der Waals surface area contributed by atoms with Crippen molar-refractivity contribution in [1.29, 1.82) is 0 Å². The first kappa shape index (κ1) is 21.9. The summed E-state index contributed by atoms with van der Waals surface area (Å²) in [6.07, 6.45) is 0.907. The second-order valence-corrected chi connectivity index (χ2v) is 7.08. The van der Waals surface area contributed by atoms with Gasteiger partial charge in [-0.3, -0.25) is 4.99 Å². The standard InChI is InChI=1S/C18H27N5S.HI/c1-14-22-17(13-24-14)9-10-20-18(19-2)21-11-15-5-7-16(8-6-15)12-23(3)4;/h5-8,13H,9-12H2,1-4H3,(H2,19,20,21);1H. The molecule has 1 aromatic heterocycles. The Morgan fingerprint density at radius 2 is 1.84 bits per heavy atom. The van der Waals surface area contributed by atoms with Gasteiger partial charge in [0.15, 0.2) is 5.96 Å². The minimum absolute atomic E-state index is 0. The fraction of sp³-hybridized carbons (Fsp3) is 0.444. The largest absolute Gasteiger partial charge is 0.356 e. The Bertz CT molecular complexity index is 652. The smallest absolute Gasteiger partial charge is 0.191 e. The van der Waals surface area contributed by atoms with Crippen LogP contribution in [0.2, 0.25) is 0 Å². The van der Waals surface area contributed by atoms with Crippen molar-refractivity contribution in [1.82, 2.24) is 20.5 Å². The molecule has 0 atom stereocenters. The summed E-state index contributed by atoms with van der Waals surface area (Å²) in [5.41, 5.74) is 3.71. The van der Waals surface area contributed by atoms with Gasteiger partial charge in [0.1, 0.15) is 0 Å². The number of hydrogen-bond acceptors (Lipinski definition) is 4. The number of aryl methyl sites for hydroxylation is 1. The van der Waals surface area contributed by atoms with Crippen LogP contribution in [0, 0.1) is 6.92 Å². The first-order valence-corrected chi connectivity index (χ1v) is 9.03. The van der Waals surface area contributed by atoms with Gasteiger partial charge < -0.3 is 15.5 Å². The number of hydrogen-bond donors (Lipinski definition) is 2. The zero-order chi connectivity index (χ0) is 17.4. The number of aliphatic imine (C=N–C) groups is 1. The molecule has 1 heterocycles. The van der Waals surface area contributed by atoms with E-state index in [1.807, 2.05) is 6.92 Å². The van der Waals surface area contributed by atoms with E-state index in [1.165, 1.54) is 11.1 Å². The van der Waals surface area contributed by atoms with Gasteiger partial charge in [0.2, 0.25) is 0 Å². The molecule has 5 nitrogen and oxygen atoms in total. The third kappa shape index (κ3) is 8.15. The van der Waals surface area contributed by atoms with Gasteiger partial charge in [-0.15, -0.1) is 35.3 Å². The van der Waals surface area contributed by atoms with Gasteiger partial charge in [0.25, 0.3) is 0 Å². The number of aromatic nitrogens is 1. The van der Waals surface area contributed by atoms with Crippen molar-refractivity contribution >= 4 is 41.3 Å². The monoisotopic (exact) mass is 473 g/mol. The van der Waals surface area contributed by atoms with Gasteiger partial charge in [-0.05, 0) is 32.1 Å². The van der Waals surface area contributed by atoms with Crippen molar-refractivity contribution in [3.8, 4) is 0 Å². The highest BCUT2D eigenvalue weighted by Crippen LogP contribution is 2.08. The highest BCUT2D eigenvalue weighted by atomic mass is 127. The van der Waals surface area contributed by atoms with Gasteiger partial charge in [0, 0.05) is 38.5 Å². The van der Waals surface area contributed by atoms with Crippen LogP contribution < -0.4 is 10.6 Å². The molecule has 1 aromatic carbocycles. The molecular formula is C18H28IN5S. The van der Waals surface area contributed by atoms with E-state index >= 15 is 0 Å². The zero-order valence-corrected chi connectivity index (χ0v) is 18.5. The third-order valence-corrected chi connectivity index (χ3v) is 4.37. The molecule has 0 saturated heterocycles. The number of benzene rings is 1. The van der Waals surface area contributed by atoms with Crippen LogP contribution in [0.25, 0.3) is 0 Å². The Hall–Kier alpha value is -1.19. The summed E-state index contributed by atoms with van der Waals surface area (Å²) in [4.78, 5) is 10.9. The van der Waals surface area contributed by atoms with Crippen molar-refractivity contribution in [2.75, 3.05) is 27.7 Å². The number of thiazole rings is 1. The van der Waals surface area contributed by atoms with E-state index in [4.69, 9.17) is 0 Å². The molecule has 138 valence electrons. The van der Waals surface area contributed by atoms with Crippen LogP contribution in [0.3, 0.4) is 0 Å². The number of nitrogens with one attached hydrogen (secondary N) is 2. The zero-order valence-electron chi connectivity index (χ0n) is 15.4. The Morgan fingerprint density at radius 3 is 2.40 bits per heavy atom. The Kier molecular flexibility index (Phi) is 9.99. The molecule has 2 aromatic rings. The van der Waals surface area contributed by atoms with E-state index in [0.29, 0.717) is 0 Å². The first-order valence-electron chi connectivity index (χ1n) is 8.15. The van der Waals surface area contributed by atoms with Crippen molar-refractivity contribution in [2.24, 2.45) is 4.99 Å². The lowest BCUT2D eigenvalue weighted by Crippen LogP contribution is -2.37. The van der Waals surface area contributed by atoms with Gasteiger partial charge in [0.05, 0.1) is 10.7 Å². The van der Waals surface area contributed by atoms with Crippen molar-refractivity contribution in [3.05, 3.63) is 51.5 Å². The molecule has 0 aliphatic rings. The molecule has 2 N–H and O–H groups in total. The van der Waals surface area contributed by atoms with Crippen LogP contribution in [-0.4, -0.2) is 43.5 Å². The molecule has 0 fully saturated rings. The summed E-state index contributed by atoms with van der Waals surface area (Å²) in [6, 6.07) is 8.68. The van der Waals surface area contributed by atoms with Crippen LogP contribution >= 0.6 is 35.3 Å². The predicted molar refractivity (Wildman–Crippen MR) is 118 cm³/mol. The van der Waals surface area contributed by atoms with Crippen LogP contribution in [-0.2, 0) is 19.5 Å². The fourth-order valence-corrected chi connectivity index (χ4v) is 3.01. The van der Waals surface area contributed by atoms with E-state index < -0.39 is 0 Å². The maximum absolute atomic E-state index is 4.47. The maximum Gasteiger partial charge on any atom is 0.191 e. The number of rotatable bonds is 7. The Morgan fingerprint density at radius 1 is 1.16 bits per heavy atom. The molecule has 0 aliphatic heterocycles. The van der Waals surface area contributed by atoms with Crippen LogP contribution in [0.5, 0.6) is 0 Å². The summed E-state index contributed by atoms with van der Waals surface area (Å²) in [6.45, 7) is 4.58. The van der Waals surface area contributed by atoms with Gasteiger partial charge in [-0.2, -0.15) is 0 Å². The van der Waals surface area contributed by atoms with Crippen LogP contribution in [0.1, 0.15) is 21.8 Å². The number of halogens is 1. The summed E-state index contributed by atoms with van der Waals surface area (Å²) in [5, 5.41) is 9.91. The number of guanidine groups is 1. The molecule has 0 aliphatic carbocycles. The SMILES string of the molecule is CN=C(NCCc1csc(C)n1)NCc1ccc(CN(C)C)cc1.I. The lowest BCUT2D eigenvalue weighted by atomic mass is 10.1. The van der Waals surface area contributed by atoms with Crippen LogP contribution in [0.4, 0.5) is 0 Å². The normalized spacial score (nSPS) is 11.3. The predicted octanol–water partition coefficient (Wildman–Crippen LogP) is 3.04. The molecule has 2 rings (SSSR count). The molecule has 0 radical (unpaired) electrons. The van der Waals surface area contributed by atoms with E-state index in [2.05, 4.69) is 69.3 Å². The summed E-state index contributed by atoms with van der Waals surface area (Å²) in [5.74, 6) is 0.819. The lowest BCUT2D eigenvalue weighted by Gasteiger charge is -2.13. The minimum Gasteiger partial charge on any atom is -0.356 e. The second-order valence-electron chi connectivity index (χ2n) is 6.01. The van der Waals surface area contributed by atoms with Crippen molar-refractivity contribution in [3.63, 3.8) is 0 Å². The van der Waals surface area contributed by atoms with Crippen molar-refractivity contribution < 1.29 is 0 Å². The van der Waals surface area contributed by atoms with Gasteiger partial charge >= 0.3 is 0 Å². The molecule has 7 heteroatoms. The Labute approximate surface area is 172 Å². The van der Waals surface area contributed by atoms with E-state index in [1.54, 1.807) is 18.4 Å². The van der Waals surface area contributed by atoms with E-state index in [-0.39, 0.29) is 24.0 Å². The quantitative estimate of drug-likeness (QED) is 0.369. The highest BCUT2D eigenvalue weighted by Gasteiger charge is 2.01. The highest BCUT2D eigenvalue weighted by molar-refractivity contribution is 14.0. The molecule has 0 spiro atoms. The average molecular weight is 473 g/mol. The first-order chi connectivity index (χ1) is 11.6. The molecule has 0 bridgehead atoms. The lowest BCUT2D eigenvalue weighted by molar-refractivity contribution is 0.402. The second kappa shape index (κ2) is 11.4. The Balaban J connectivity index is 0.00000312. The summed E-state index contributed by atoms with van der Waals surface area (Å²) < 4.78 is 0. The van der Waals surface area contributed by atoms with Crippen LogP contribution in [0.15, 0.2) is 34.6 Å². The summed E-state index contributed by atoms with van der Waals surface area (Å²) in [7, 11) is 5.96. The summed E-state index contributed by atoms with van der Waals surface area (Å²) >= 11 is 1.69. The van der Waals surface area contributed by atoms with Gasteiger partial charge in [-0.1, -0.05) is 24.3 Å². The van der Waals surface area contributed by atoms with Crippen molar-refractivity contribution in [2.45, 2.75) is 26.4 Å². The molecule has 25 heavy (non-hydrogen) atoms. The number of nitrogens with zero attached hydrogens (tertiary/aromatic N) is 3. The molecule has 0 saturated carbocycles. The maximum atomic E-state index is 4.47. The van der Waals surface area contributed by atoms with Gasteiger partial charge in [-0.25, -0.2) is 4.98 Å².